The predicted octanol–water partition coefficient (Wildman–Crippen LogP) is 3.71. The molecule has 0 spiro atoms. The molecular formula is C24H30F3N7O2. The fourth-order valence-electron chi connectivity index (χ4n) is 5.22. The third kappa shape index (κ3) is 4.65. The van der Waals surface area contributed by atoms with Gasteiger partial charge in [-0.2, -0.15) is 22.7 Å². The summed E-state index contributed by atoms with van der Waals surface area (Å²) in [7, 11) is 0. The van der Waals surface area contributed by atoms with Crippen LogP contribution in [0.4, 0.5) is 24.9 Å². The minimum Gasteiger partial charge on any atom is -0.465 e. The Morgan fingerprint density at radius 1 is 1.14 bits per heavy atom. The van der Waals surface area contributed by atoms with Crippen molar-refractivity contribution in [3.63, 3.8) is 0 Å². The number of pyridine rings is 1. The van der Waals surface area contributed by atoms with Crippen LogP contribution in [0.5, 0.6) is 5.88 Å². The summed E-state index contributed by atoms with van der Waals surface area (Å²) >= 11 is 0. The van der Waals surface area contributed by atoms with Crippen molar-refractivity contribution in [1.82, 2.24) is 24.6 Å². The van der Waals surface area contributed by atoms with Crippen molar-refractivity contribution in [3.8, 4) is 5.88 Å². The summed E-state index contributed by atoms with van der Waals surface area (Å²) < 4.78 is 45.9. The second-order valence-electron chi connectivity index (χ2n) is 10.3. The fourth-order valence-corrected chi connectivity index (χ4v) is 5.22. The van der Waals surface area contributed by atoms with Gasteiger partial charge in [0.25, 0.3) is 0 Å². The summed E-state index contributed by atoms with van der Waals surface area (Å²) in [4.78, 5) is 15.5. The minimum absolute atomic E-state index is 0.0969. The Morgan fingerprint density at radius 2 is 1.83 bits per heavy atom. The highest BCUT2D eigenvalue weighted by atomic mass is 19.4. The second-order valence-corrected chi connectivity index (χ2v) is 10.3. The molecule has 2 fully saturated rings. The number of piperidine rings is 1. The zero-order valence-electron chi connectivity index (χ0n) is 20.6. The van der Waals surface area contributed by atoms with Crippen molar-refractivity contribution in [2.45, 2.75) is 64.5 Å². The summed E-state index contributed by atoms with van der Waals surface area (Å²) in [5.41, 5.74) is 0.326. The molecule has 5 rings (SSSR count). The van der Waals surface area contributed by atoms with Crippen molar-refractivity contribution in [2.24, 2.45) is 11.8 Å². The van der Waals surface area contributed by atoms with Crippen LogP contribution in [0, 0.1) is 18.8 Å². The molecule has 1 aliphatic carbocycles. The normalized spacial score (nSPS) is 23.2. The van der Waals surface area contributed by atoms with Crippen LogP contribution in [-0.2, 0) is 5.60 Å². The number of fused-ring (bicyclic) bond motifs is 3. The first-order valence-electron chi connectivity index (χ1n) is 12.1. The second kappa shape index (κ2) is 8.75. The Labute approximate surface area is 206 Å². The molecule has 1 aliphatic heterocycles. The lowest BCUT2D eigenvalue weighted by molar-refractivity contribution is -0.190. The van der Waals surface area contributed by atoms with Crippen LogP contribution in [0.1, 0.15) is 44.9 Å². The Kier molecular flexibility index (Phi) is 5.97. The molecule has 4 heterocycles. The number of aromatic nitrogens is 5. The van der Waals surface area contributed by atoms with Crippen LogP contribution in [0.2, 0.25) is 0 Å². The number of nitrogens with zero attached hydrogens (tertiary/aromatic N) is 6. The van der Waals surface area contributed by atoms with Gasteiger partial charge in [-0.05, 0) is 58.4 Å². The summed E-state index contributed by atoms with van der Waals surface area (Å²) in [6.07, 6.45) is -2.89. The van der Waals surface area contributed by atoms with Gasteiger partial charge in [0.1, 0.15) is 12.1 Å². The van der Waals surface area contributed by atoms with Crippen LogP contribution in [-0.4, -0.2) is 61.1 Å². The fraction of sp³-hybridized carbons (Fsp3) is 0.583. The maximum atomic E-state index is 13.2. The van der Waals surface area contributed by atoms with Gasteiger partial charge in [0, 0.05) is 42.5 Å². The number of ether oxygens (including phenoxy) is 1. The maximum Gasteiger partial charge on any atom is 0.425 e. The highest BCUT2D eigenvalue weighted by Gasteiger charge is 2.43. The van der Waals surface area contributed by atoms with E-state index in [1.807, 2.05) is 13.0 Å². The average Bonchev–Trinajstić information content (AvgIpc) is 3.29. The number of aliphatic hydroxyl groups is 1. The quantitative estimate of drug-likeness (QED) is 0.523. The van der Waals surface area contributed by atoms with Gasteiger partial charge < -0.3 is 20.1 Å². The molecule has 3 aromatic rings. The van der Waals surface area contributed by atoms with Gasteiger partial charge in [0.2, 0.25) is 11.8 Å². The van der Waals surface area contributed by atoms with Gasteiger partial charge in [-0.25, -0.2) is 9.97 Å². The molecule has 1 unspecified atom stereocenters. The molecule has 2 N–H and O–H groups in total. The van der Waals surface area contributed by atoms with E-state index in [2.05, 4.69) is 30.3 Å². The number of nitrogens with one attached hydrogen (secondary N) is 1. The van der Waals surface area contributed by atoms with Crippen molar-refractivity contribution in [3.05, 3.63) is 35.8 Å². The summed E-state index contributed by atoms with van der Waals surface area (Å²) in [5, 5.41) is 18.5. The molecule has 0 amide bonds. The van der Waals surface area contributed by atoms with E-state index < -0.39 is 17.9 Å². The van der Waals surface area contributed by atoms with E-state index in [4.69, 9.17) is 4.74 Å². The lowest BCUT2D eigenvalue weighted by Crippen LogP contribution is -2.48. The van der Waals surface area contributed by atoms with Gasteiger partial charge in [-0.1, -0.05) is 0 Å². The topological polar surface area (TPSA) is 101 Å². The number of anilines is 2. The summed E-state index contributed by atoms with van der Waals surface area (Å²) in [6.45, 7) is 7.71. The van der Waals surface area contributed by atoms with Crippen LogP contribution in [0.25, 0.3) is 5.65 Å². The van der Waals surface area contributed by atoms with E-state index in [-0.39, 0.29) is 17.6 Å². The third-order valence-corrected chi connectivity index (χ3v) is 7.11. The molecule has 9 nitrogen and oxygen atoms in total. The summed E-state index contributed by atoms with van der Waals surface area (Å²) in [6, 6.07) is 5.01. The third-order valence-electron chi connectivity index (χ3n) is 7.11. The van der Waals surface area contributed by atoms with Crippen molar-refractivity contribution >= 4 is 17.4 Å². The zero-order valence-corrected chi connectivity index (χ0v) is 20.6. The number of halogens is 3. The van der Waals surface area contributed by atoms with Crippen LogP contribution >= 0.6 is 0 Å². The van der Waals surface area contributed by atoms with Crippen LogP contribution in [0.3, 0.4) is 0 Å². The van der Waals surface area contributed by atoms with Gasteiger partial charge in [0.15, 0.2) is 11.8 Å². The molecule has 36 heavy (non-hydrogen) atoms. The van der Waals surface area contributed by atoms with Gasteiger partial charge in [0.05, 0.1) is 5.60 Å². The van der Waals surface area contributed by atoms with Crippen molar-refractivity contribution in [2.75, 3.05) is 23.3 Å². The molecule has 194 valence electrons. The van der Waals surface area contributed by atoms with Gasteiger partial charge in [-0.15, -0.1) is 5.10 Å². The molecule has 12 heteroatoms. The van der Waals surface area contributed by atoms with E-state index in [0.717, 1.165) is 44.4 Å². The van der Waals surface area contributed by atoms with E-state index in [9.17, 15) is 18.3 Å². The van der Waals surface area contributed by atoms with Crippen LogP contribution in [0.15, 0.2) is 24.5 Å². The largest absolute Gasteiger partial charge is 0.465 e. The van der Waals surface area contributed by atoms with E-state index in [1.165, 1.54) is 16.6 Å². The summed E-state index contributed by atoms with van der Waals surface area (Å²) in [5.74, 6) is 1.78. The Morgan fingerprint density at radius 3 is 2.44 bits per heavy atom. The molecule has 1 saturated heterocycles. The zero-order chi connectivity index (χ0) is 25.8. The Balaban J connectivity index is 1.42. The minimum atomic E-state index is -4.53. The molecule has 3 aromatic heterocycles. The standard InChI is InChI=1S/C24H30F3N7O2/c1-13-9-18(29-12-28-13)33-10-15-5-6-16(11-33)20(15)30-22-31-21-17(23(3,4)35)7-8-19(34(21)32-22)36-14(2)24(25,26)27/h7-9,12,14-16,20,35H,5-6,10-11H2,1-4H3,(H,30,32)/t14-,15-,16+,20?/m0/s1. The average molecular weight is 506 g/mol. The first-order valence-corrected chi connectivity index (χ1v) is 12.1. The predicted molar refractivity (Wildman–Crippen MR) is 127 cm³/mol. The smallest absolute Gasteiger partial charge is 0.425 e. The Hall–Kier alpha value is -3.15. The first kappa shape index (κ1) is 24.5. The van der Waals surface area contributed by atoms with Crippen molar-refractivity contribution < 1.29 is 23.0 Å². The molecule has 2 bridgehead atoms. The van der Waals surface area contributed by atoms with Crippen molar-refractivity contribution in [1.29, 1.82) is 0 Å². The lowest BCUT2D eigenvalue weighted by atomic mass is 9.92. The van der Waals surface area contributed by atoms with Gasteiger partial charge >= 0.3 is 6.18 Å². The van der Waals surface area contributed by atoms with E-state index >= 15 is 0 Å². The number of hydrogen-bond donors (Lipinski definition) is 2. The molecule has 2 aliphatic rings. The number of aryl methyl sites for hydroxylation is 1. The molecular weight excluding hydrogens is 475 g/mol. The number of hydrogen-bond acceptors (Lipinski definition) is 8. The SMILES string of the molecule is Cc1cc(N2C[C@H]3CC[C@@H](C2)C3Nc2nc3c(C(C)(C)O)ccc(O[C@@H](C)C(F)(F)F)n3n2)ncn1. The van der Waals surface area contributed by atoms with E-state index in [0.29, 0.717) is 23.3 Å². The monoisotopic (exact) mass is 505 g/mol. The Bertz CT molecular complexity index is 1240. The first-order chi connectivity index (χ1) is 16.9. The molecule has 0 radical (unpaired) electrons. The molecule has 4 atom stereocenters. The number of alkyl halides is 3. The van der Waals surface area contributed by atoms with E-state index in [1.54, 1.807) is 20.2 Å². The molecule has 0 aromatic carbocycles. The van der Waals surface area contributed by atoms with Crippen LogP contribution < -0.4 is 15.0 Å². The number of rotatable bonds is 6. The maximum absolute atomic E-state index is 13.2. The molecule has 1 saturated carbocycles. The highest BCUT2D eigenvalue weighted by molar-refractivity contribution is 5.56. The highest BCUT2D eigenvalue weighted by Crippen LogP contribution is 2.40. The van der Waals surface area contributed by atoms with Gasteiger partial charge in [-0.3, -0.25) is 0 Å². The lowest BCUT2D eigenvalue weighted by Gasteiger charge is -2.38.